The van der Waals surface area contributed by atoms with Crippen LogP contribution in [0.25, 0.3) is 11.0 Å². The van der Waals surface area contributed by atoms with E-state index in [9.17, 15) is 14.0 Å². The summed E-state index contributed by atoms with van der Waals surface area (Å²) < 4.78 is 16.2. The molecule has 0 saturated carbocycles. The van der Waals surface area contributed by atoms with E-state index in [2.05, 4.69) is 6.92 Å². The van der Waals surface area contributed by atoms with Crippen LogP contribution in [-0.4, -0.2) is 46.4 Å². The zero-order valence-corrected chi connectivity index (χ0v) is 17.9. The summed E-state index contributed by atoms with van der Waals surface area (Å²) in [6, 6.07) is 14.0. The molecule has 0 bridgehead atoms. The Labute approximate surface area is 181 Å². The Bertz CT molecular complexity index is 1110. The van der Waals surface area contributed by atoms with Crippen molar-refractivity contribution in [3.63, 3.8) is 0 Å². The first-order chi connectivity index (χ1) is 15.0. The minimum Gasteiger partial charge on any atom is -0.344 e. The maximum Gasteiger partial charge on any atom is 0.242 e. The van der Waals surface area contributed by atoms with Crippen LogP contribution >= 0.6 is 0 Å². The number of benzene rings is 2. The van der Waals surface area contributed by atoms with Crippen molar-refractivity contribution in [1.29, 1.82) is 0 Å². The number of unbranched alkanes of at least 4 members (excludes halogenated alkanes) is 1. The largest absolute Gasteiger partial charge is 0.344 e. The molecule has 31 heavy (non-hydrogen) atoms. The first-order valence-corrected chi connectivity index (χ1v) is 10.7. The number of imidazole rings is 1. The van der Waals surface area contributed by atoms with Crippen LogP contribution in [0.2, 0.25) is 0 Å². The Balaban J connectivity index is 1.65. The fraction of sp³-hybridized carbons (Fsp3) is 0.375. The SMILES string of the molecule is CCCCN(C)C(=O)Cn1c(C2CC(=O)N(c3ccccc3F)C2)nc2ccccc21. The molecule has 162 valence electrons. The summed E-state index contributed by atoms with van der Waals surface area (Å²) in [4.78, 5) is 33.6. The molecule has 0 spiro atoms. The Morgan fingerprint density at radius 3 is 2.71 bits per heavy atom. The van der Waals surface area contributed by atoms with E-state index in [1.54, 1.807) is 23.1 Å². The van der Waals surface area contributed by atoms with Crippen LogP contribution in [0.4, 0.5) is 10.1 Å². The monoisotopic (exact) mass is 422 g/mol. The van der Waals surface area contributed by atoms with Crippen molar-refractivity contribution in [1.82, 2.24) is 14.5 Å². The molecule has 6 nitrogen and oxygen atoms in total. The molecule has 1 aliphatic rings. The zero-order valence-electron chi connectivity index (χ0n) is 17.9. The van der Waals surface area contributed by atoms with Crippen LogP contribution in [-0.2, 0) is 16.1 Å². The third kappa shape index (κ3) is 4.17. The van der Waals surface area contributed by atoms with Crippen molar-refractivity contribution in [3.05, 3.63) is 60.2 Å². The predicted octanol–water partition coefficient (Wildman–Crippen LogP) is 3.95. The van der Waals surface area contributed by atoms with E-state index >= 15 is 0 Å². The van der Waals surface area contributed by atoms with Gasteiger partial charge in [0.05, 0.1) is 16.7 Å². The van der Waals surface area contributed by atoms with Crippen LogP contribution < -0.4 is 4.90 Å². The van der Waals surface area contributed by atoms with Gasteiger partial charge in [-0.15, -0.1) is 0 Å². The normalized spacial score (nSPS) is 16.3. The van der Waals surface area contributed by atoms with Gasteiger partial charge in [0.15, 0.2) is 0 Å². The number of fused-ring (bicyclic) bond motifs is 1. The smallest absolute Gasteiger partial charge is 0.242 e. The standard InChI is InChI=1S/C24H27FN4O2/c1-3-4-13-27(2)23(31)16-29-21-12-8-6-10-19(21)26-24(29)17-14-22(30)28(15-17)20-11-7-5-9-18(20)25/h5-12,17H,3-4,13-16H2,1-2H3. The molecule has 2 amide bonds. The molecule has 1 aromatic heterocycles. The van der Waals surface area contributed by atoms with Gasteiger partial charge in [-0.2, -0.15) is 0 Å². The summed E-state index contributed by atoms with van der Waals surface area (Å²) >= 11 is 0. The second-order valence-electron chi connectivity index (χ2n) is 8.07. The number of rotatable bonds is 7. The lowest BCUT2D eigenvalue weighted by molar-refractivity contribution is -0.130. The van der Waals surface area contributed by atoms with Crippen molar-refractivity contribution in [2.75, 3.05) is 25.0 Å². The van der Waals surface area contributed by atoms with Crippen molar-refractivity contribution in [2.24, 2.45) is 0 Å². The van der Waals surface area contributed by atoms with E-state index in [1.165, 1.54) is 11.0 Å². The van der Waals surface area contributed by atoms with Crippen molar-refractivity contribution < 1.29 is 14.0 Å². The summed E-state index contributed by atoms with van der Waals surface area (Å²) in [5, 5.41) is 0. The highest BCUT2D eigenvalue weighted by Gasteiger charge is 2.36. The fourth-order valence-electron chi connectivity index (χ4n) is 4.13. The molecule has 0 aliphatic carbocycles. The first-order valence-electron chi connectivity index (χ1n) is 10.7. The number of aromatic nitrogens is 2. The highest BCUT2D eigenvalue weighted by atomic mass is 19.1. The Kier molecular flexibility index (Phi) is 6.02. The number of hydrogen-bond acceptors (Lipinski definition) is 3. The molecule has 7 heteroatoms. The average molecular weight is 423 g/mol. The van der Waals surface area contributed by atoms with E-state index in [0.717, 1.165) is 23.9 Å². The van der Waals surface area contributed by atoms with Crippen molar-refractivity contribution >= 4 is 28.5 Å². The molecule has 0 N–H and O–H groups in total. The molecule has 1 aliphatic heterocycles. The fourth-order valence-corrected chi connectivity index (χ4v) is 4.13. The number of anilines is 1. The minimum atomic E-state index is -0.419. The van der Waals surface area contributed by atoms with Gasteiger partial charge in [-0.1, -0.05) is 37.6 Å². The predicted molar refractivity (Wildman–Crippen MR) is 118 cm³/mol. The quantitative estimate of drug-likeness (QED) is 0.579. The van der Waals surface area contributed by atoms with Crippen LogP contribution in [0.1, 0.15) is 37.9 Å². The molecule has 1 fully saturated rings. The maximum absolute atomic E-state index is 14.3. The van der Waals surface area contributed by atoms with E-state index in [0.29, 0.717) is 18.9 Å². The van der Waals surface area contributed by atoms with Crippen LogP contribution in [0.3, 0.4) is 0 Å². The number of para-hydroxylation sites is 3. The number of nitrogens with zero attached hydrogens (tertiary/aromatic N) is 4. The summed E-state index contributed by atoms with van der Waals surface area (Å²) in [6.07, 6.45) is 2.21. The van der Waals surface area contributed by atoms with E-state index < -0.39 is 5.82 Å². The molecule has 0 radical (unpaired) electrons. The molecule has 1 unspecified atom stereocenters. The number of likely N-dealkylation sites (N-methyl/N-ethyl adjacent to an activating group) is 1. The summed E-state index contributed by atoms with van der Waals surface area (Å²) in [6.45, 7) is 3.31. The molecular formula is C24H27FN4O2. The van der Waals surface area contributed by atoms with Crippen LogP contribution in [0.15, 0.2) is 48.5 Å². The number of halogens is 1. The maximum atomic E-state index is 14.3. The molecule has 3 aromatic rings. The van der Waals surface area contributed by atoms with Crippen molar-refractivity contribution in [2.45, 2.75) is 38.6 Å². The highest BCUT2D eigenvalue weighted by Crippen LogP contribution is 2.34. The second kappa shape index (κ2) is 8.88. The Hall–Kier alpha value is -3.22. The van der Waals surface area contributed by atoms with E-state index in [1.807, 2.05) is 35.9 Å². The number of carbonyl (C=O) groups excluding carboxylic acids is 2. The lowest BCUT2D eigenvalue weighted by Crippen LogP contribution is -2.32. The van der Waals surface area contributed by atoms with Crippen LogP contribution in [0.5, 0.6) is 0 Å². The van der Waals surface area contributed by atoms with Gasteiger partial charge in [0.2, 0.25) is 11.8 Å². The van der Waals surface area contributed by atoms with Crippen molar-refractivity contribution in [3.8, 4) is 0 Å². The third-order valence-corrected chi connectivity index (χ3v) is 5.88. The average Bonchev–Trinajstić information content (AvgIpc) is 3.33. The third-order valence-electron chi connectivity index (χ3n) is 5.88. The Morgan fingerprint density at radius 2 is 1.94 bits per heavy atom. The molecule has 4 rings (SSSR count). The van der Waals surface area contributed by atoms with Gasteiger partial charge in [0.1, 0.15) is 18.2 Å². The zero-order chi connectivity index (χ0) is 22.0. The lowest BCUT2D eigenvalue weighted by atomic mass is 10.1. The second-order valence-corrected chi connectivity index (χ2v) is 8.07. The topological polar surface area (TPSA) is 58.4 Å². The molecule has 1 saturated heterocycles. The summed E-state index contributed by atoms with van der Waals surface area (Å²) in [5.41, 5.74) is 1.94. The first kappa shape index (κ1) is 21.0. The van der Waals surface area contributed by atoms with E-state index in [4.69, 9.17) is 4.98 Å². The summed E-state index contributed by atoms with van der Waals surface area (Å²) in [7, 11) is 1.82. The number of carbonyl (C=O) groups is 2. The van der Waals surface area contributed by atoms with Gasteiger partial charge in [0, 0.05) is 32.5 Å². The van der Waals surface area contributed by atoms with Crippen LogP contribution in [0, 0.1) is 5.82 Å². The number of hydrogen-bond donors (Lipinski definition) is 0. The van der Waals surface area contributed by atoms with Gasteiger partial charge in [-0.05, 0) is 30.7 Å². The van der Waals surface area contributed by atoms with E-state index in [-0.39, 0.29) is 36.4 Å². The number of amides is 2. The van der Waals surface area contributed by atoms with Gasteiger partial charge in [-0.3, -0.25) is 9.59 Å². The summed E-state index contributed by atoms with van der Waals surface area (Å²) in [5.74, 6) is -0.0650. The van der Waals surface area contributed by atoms with Gasteiger partial charge >= 0.3 is 0 Å². The van der Waals surface area contributed by atoms with Gasteiger partial charge in [-0.25, -0.2) is 9.37 Å². The Morgan fingerprint density at radius 1 is 1.19 bits per heavy atom. The minimum absolute atomic E-state index is 0.00753. The molecule has 2 aromatic carbocycles. The molecular weight excluding hydrogens is 395 g/mol. The molecule has 1 atom stereocenters. The molecule has 2 heterocycles. The lowest BCUT2D eigenvalue weighted by Gasteiger charge is -2.20. The van der Waals surface area contributed by atoms with Gasteiger partial charge in [0.25, 0.3) is 0 Å². The highest BCUT2D eigenvalue weighted by molar-refractivity contribution is 5.96. The van der Waals surface area contributed by atoms with Gasteiger partial charge < -0.3 is 14.4 Å².